The highest BCUT2D eigenvalue weighted by Gasteiger charge is 2.17. The molecule has 0 unspecified atom stereocenters. The molecule has 0 aromatic heterocycles. The molecule has 0 atom stereocenters. The number of benzene rings is 2. The SMILES string of the molecule is CCS(=O)(=O)c1ccc(S(=O)(=O)NCc2ccc(NC(=O)C(C)C)cc2)cc1. The van der Waals surface area contributed by atoms with Gasteiger partial charge in [0.1, 0.15) is 0 Å². The van der Waals surface area contributed by atoms with Crippen molar-refractivity contribution in [2.75, 3.05) is 11.1 Å². The van der Waals surface area contributed by atoms with Gasteiger partial charge in [0.2, 0.25) is 15.9 Å². The maximum Gasteiger partial charge on any atom is 0.240 e. The molecule has 152 valence electrons. The molecule has 0 spiro atoms. The number of carbonyl (C=O) groups excluding carboxylic acids is 1. The van der Waals surface area contributed by atoms with Gasteiger partial charge in [-0.3, -0.25) is 4.79 Å². The fourth-order valence-corrected chi connectivity index (χ4v) is 4.15. The molecule has 0 saturated carbocycles. The van der Waals surface area contributed by atoms with Crippen LogP contribution in [0.4, 0.5) is 5.69 Å². The highest BCUT2D eigenvalue weighted by molar-refractivity contribution is 7.91. The summed E-state index contributed by atoms with van der Waals surface area (Å²) in [6, 6.07) is 12.0. The Morgan fingerprint density at radius 1 is 0.893 bits per heavy atom. The summed E-state index contributed by atoms with van der Waals surface area (Å²) in [5, 5.41) is 2.76. The van der Waals surface area contributed by atoms with Crippen LogP contribution in [0.25, 0.3) is 0 Å². The van der Waals surface area contributed by atoms with E-state index in [-0.39, 0.29) is 33.9 Å². The van der Waals surface area contributed by atoms with E-state index in [4.69, 9.17) is 0 Å². The quantitative estimate of drug-likeness (QED) is 0.677. The van der Waals surface area contributed by atoms with Crippen LogP contribution in [-0.4, -0.2) is 28.5 Å². The van der Waals surface area contributed by atoms with Crippen LogP contribution in [0, 0.1) is 5.92 Å². The minimum absolute atomic E-state index is 0.0108. The highest BCUT2D eigenvalue weighted by Crippen LogP contribution is 2.16. The third-order valence-electron chi connectivity index (χ3n) is 4.09. The van der Waals surface area contributed by atoms with E-state index < -0.39 is 19.9 Å². The van der Waals surface area contributed by atoms with E-state index in [1.165, 1.54) is 31.2 Å². The van der Waals surface area contributed by atoms with Gasteiger partial charge in [-0.05, 0) is 42.0 Å². The van der Waals surface area contributed by atoms with Crippen LogP contribution < -0.4 is 10.0 Å². The third-order valence-corrected chi connectivity index (χ3v) is 7.25. The standard InChI is InChI=1S/C19H24N2O5S2/c1-4-27(23,24)17-9-11-18(12-10-17)28(25,26)20-13-15-5-7-16(8-6-15)21-19(22)14(2)3/h5-12,14,20H,4,13H2,1-3H3,(H,21,22). The number of carbonyl (C=O) groups is 1. The molecule has 0 aliphatic carbocycles. The zero-order valence-electron chi connectivity index (χ0n) is 16.0. The number of sulfonamides is 1. The molecule has 0 bridgehead atoms. The molecular formula is C19H24N2O5S2. The lowest BCUT2D eigenvalue weighted by molar-refractivity contribution is -0.118. The molecule has 2 rings (SSSR count). The Balaban J connectivity index is 2.04. The van der Waals surface area contributed by atoms with E-state index in [1.807, 2.05) is 0 Å². The number of rotatable bonds is 8. The zero-order valence-corrected chi connectivity index (χ0v) is 17.6. The average molecular weight is 425 g/mol. The molecular weight excluding hydrogens is 400 g/mol. The Morgan fingerprint density at radius 2 is 1.43 bits per heavy atom. The minimum Gasteiger partial charge on any atom is -0.326 e. The number of hydrogen-bond acceptors (Lipinski definition) is 5. The molecule has 28 heavy (non-hydrogen) atoms. The lowest BCUT2D eigenvalue weighted by atomic mass is 10.2. The van der Waals surface area contributed by atoms with E-state index in [0.29, 0.717) is 5.69 Å². The molecule has 2 aromatic carbocycles. The second kappa shape index (κ2) is 8.85. The minimum atomic E-state index is -3.78. The topological polar surface area (TPSA) is 109 Å². The number of anilines is 1. The molecule has 2 N–H and O–H groups in total. The number of amides is 1. The van der Waals surface area contributed by atoms with Crippen LogP contribution in [0.5, 0.6) is 0 Å². The predicted molar refractivity (Wildman–Crippen MR) is 108 cm³/mol. The maximum absolute atomic E-state index is 12.4. The maximum atomic E-state index is 12.4. The van der Waals surface area contributed by atoms with Crippen molar-refractivity contribution in [1.82, 2.24) is 4.72 Å². The molecule has 0 saturated heterocycles. The highest BCUT2D eigenvalue weighted by atomic mass is 32.2. The molecule has 0 fully saturated rings. The normalized spacial score (nSPS) is 12.1. The second-order valence-corrected chi connectivity index (χ2v) is 10.6. The summed E-state index contributed by atoms with van der Waals surface area (Å²) in [6.45, 7) is 5.18. The van der Waals surface area contributed by atoms with Gasteiger partial charge in [0.05, 0.1) is 15.5 Å². The number of nitrogens with one attached hydrogen (secondary N) is 2. The summed E-state index contributed by atoms with van der Waals surface area (Å²) < 4.78 is 50.9. The van der Waals surface area contributed by atoms with Gasteiger partial charge in [-0.15, -0.1) is 0 Å². The van der Waals surface area contributed by atoms with Gasteiger partial charge in [-0.2, -0.15) is 0 Å². The van der Waals surface area contributed by atoms with Crippen LogP contribution >= 0.6 is 0 Å². The van der Waals surface area contributed by atoms with Gasteiger partial charge in [-0.25, -0.2) is 21.6 Å². The Hall–Kier alpha value is -2.23. The van der Waals surface area contributed by atoms with Crippen molar-refractivity contribution in [2.24, 2.45) is 5.92 Å². The van der Waals surface area contributed by atoms with E-state index in [0.717, 1.165) is 5.56 Å². The lowest BCUT2D eigenvalue weighted by Crippen LogP contribution is -2.23. The van der Waals surface area contributed by atoms with Crippen LogP contribution in [0.3, 0.4) is 0 Å². The Bertz CT molecular complexity index is 1030. The summed E-state index contributed by atoms with van der Waals surface area (Å²) in [6.07, 6.45) is 0. The first-order valence-electron chi connectivity index (χ1n) is 8.77. The largest absolute Gasteiger partial charge is 0.326 e. The monoisotopic (exact) mass is 424 g/mol. The summed E-state index contributed by atoms with van der Waals surface area (Å²) in [4.78, 5) is 11.8. The molecule has 7 nitrogen and oxygen atoms in total. The summed E-state index contributed by atoms with van der Waals surface area (Å²) in [5.41, 5.74) is 1.36. The predicted octanol–water partition coefficient (Wildman–Crippen LogP) is 2.55. The van der Waals surface area contributed by atoms with Crippen LogP contribution in [0.2, 0.25) is 0 Å². The third kappa shape index (κ3) is 5.63. The van der Waals surface area contributed by atoms with Crippen LogP contribution in [0.1, 0.15) is 26.3 Å². The molecule has 0 aliphatic rings. The van der Waals surface area contributed by atoms with E-state index in [1.54, 1.807) is 38.1 Å². The van der Waals surface area contributed by atoms with E-state index >= 15 is 0 Å². The van der Waals surface area contributed by atoms with Gasteiger partial charge in [0, 0.05) is 18.2 Å². The smallest absolute Gasteiger partial charge is 0.240 e. The Kier molecular flexibility index (Phi) is 6.97. The van der Waals surface area contributed by atoms with Crippen molar-refractivity contribution in [3.05, 3.63) is 54.1 Å². The molecule has 9 heteroatoms. The second-order valence-electron chi connectivity index (χ2n) is 6.54. The summed E-state index contributed by atoms with van der Waals surface area (Å²) in [7, 11) is -7.16. The van der Waals surface area contributed by atoms with Crippen molar-refractivity contribution >= 4 is 31.5 Å². The average Bonchev–Trinajstić information content (AvgIpc) is 2.67. The Morgan fingerprint density at radius 3 is 1.93 bits per heavy atom. The van der Waals surface area contributed by atoms with Crippen molar-refractivity contribution < 1.29 is 21.6 Å². The van der Waals surface area contributed by atoms with Gasteiger partial charge >= 0.3 is 0 Å². The fraction of sp³-hybridized carbons (Fsp3) is 0.316. The van der Waals surface area contributed by atoms with Crippen LogP contribution in [0.15, 0.2) is 58.3 Å². The van der Waals surface area contributed by atoms with Crippen molar-refractivity contribution in [1.29, 1.82) is 0 Å². The van der Waals surface area contributed by atoms with Crippen molar-refractivity contribution in [3.63, 3.8) is 0 Å². The molecule has 0 aliphatic heterocycles. The molecule has 2 aromatic rings. The van der Waals surface area contributed by atoms with Crippen LogP contribution in [-0.2, 0) is 31.2 Å². The number of sulfone groups is 1. The summed E-state index contributed by atoms with van der Waals surface area (Å²) in [5.74, 6) is -0.280. The van der Waals surface area contributed by atoms with Gasteiger partial charge in [-0.1, -0.05) is 32.9 Å². The van der Waals surface area contributed by atoms with Gasteiger partial charge < -0.3 is 5.32 Å². The summed E-state index contributed by atoms with van der Waals surface area (Å²) >= 11 is 0. The lowest BCUT2D eigenvalue weighted by Gasteiger charge is -2.10. The van der Waals surface area contributed by atoms with Crippen molar-refractivity contribution in [2.45, 2.75) is 37.1 Å². The van der Waals surface area contributed by atoms with Gasteiger partial charge in [0.25, 0.3) is 0 Å². The number of hydrogen-bond donors (Lipinski definition) is 2. The first kappa shape index (κ1) is 22.1. The van der Waals surface area contributed by atoms with Gasteiger partial charge in [0.15, 0.2) is 9.84 Å². The fourth-order valence-electron chi connectivity index (χ4n) is 2.25. The van der Waals surface area contributed by atoms with E-state index in [2.05, 4.69) is 10.0 Å². The molecule has 1 amide bonds. The zero-order chi connectivity index (χ0) is 20.9. The first-order chi connectivity index (χ1) is 13.0. The molecule has 0 radical (unpaired) electrons. The van der Waals surface area contributed by atoms with E-state index in [9.17, 15) is 21.6 Å². The molecule has 0 heterocycles. The first-order valence-corrected chi connectivity index (χ1v) is 11.9. The Labute approximate surface area is 166 Å². The van der Waals surface area contributed by atoms with Crippen molar-refractivity contribution in [3.8, 4) is 0 Å².